The number of methoxy groups -OCH3 is 1. The van der Waals surface area contributed by atoms with E-state index in [2.05, 4.69) is 0 Å². The molecule has 1 fully saturated rings. The second-order valence-corrected chi connectivity index (χ2v) is 7.05. The van der Waals surface area contributed by atoms with Crippen LogP contribution < -0.4 is 15.2 Å². The normalized spacial score (nSPS) is 24.5. The molecule has 140 valence electrons. The molecule has 2 aliphatic rings. The number of ether oxygens (including phenoxy) is 1. The van der Waals surface area contributed by atoms with Crippen LogP contribution in [0.15, 0.2) is 47.4 Å². The predicted octanol–water partition coefficient (Wildman–Crippen LogP) is 1.48. The van der Waals surface area contributed by atoms with Gasteiger partial charge < -0.3 is 9.64 Å². The van der Waals surface area contributed by atoms with Gasteiger partial charge >= 0.3 is 0 Å². The van der Waals surface area contributed by atoms with Gasteiger partial charge in [-0.2, -0.15) is 0 Å². The van der Waals surface area contributed by atoms with Crippen LogP contribution in [0, 0.1) is 0 Å². The molecule has 0 spiro atoms. The number of rotatable bonds is 2. The highest BCUT2D eigenvalue weighted by Gasteiger charge is 2.53. The van der Waals surface area contributed by atoms with Crippen LogP contribution in [0.2, 0.25) is 0 Å². The van der Waals surface area contributed by atoms with Crippen molar-refractivity contribution in [2.45, 2.75) is 31.5 Å². The molecule has 0 N–H and O–H groups in total. The van der Waals surface area contributed by atoms with Gasteiger partial charge in [-0.05, 0) is 18.9 Å². The maximum atomic E-state index is 13.1. The molecule has 2 atom stereocenters. The quantitative estimate of drug-likeness (QED) is 0.804. The Kier molecular flexibility index (Phi) is 3.83. The van der Waals surface area contributed by atoms with Crippen LogP contribution in [-0.2, 0) is 10.3 Å². The first-order valence-electron chi connectivity index (χ1n) is 8.86. The molecule has 7 nitrogen and oxygen atoms in total. The number of piperidine rings is 1. The van der Waals surface area contributed by atoms with Gasteiger partial charge in [0.15, 0.2) is 17.2 Å². The lowest BCUT2D eigenvalue weighted by Gasteiger charge is -2.55. The molecule has 0 saturated carbocycles. The number of pyridine rings is 1. The van der Waals surface area contributed by atoms with Gasteiger partial charge in [-0.3, -0.25) is 24.1 Å². The zero-order valence-corrected chi connectivity index (χ0v) is 15.5. The molecule has 27 heavy (non-hydrogen) atoms. The largest absolute Gasteiger partial charge is 0.491 e. The summed E-state index contributed by atoms with van der Waals surface area (Å²) in [7, 11) is 3.07. The highest BCUT2D eigenvalue weighted by molar-refractivity contribution is 5.98. The lowest BCUT2D eigenvalue weighted by Crippen LogP contribution is -2.70. The Balaban J connectivity index is 2.03. The first-order valence-corrected chi connectivity index (χ1v) is 8.86. The van der Waals surface area contributed by atoms with E-state index < -0.39 is 5.54 Å². The summed E-state index contributed by atoms with van der Waals surface area (Å²) in [6, 6.07) is 10.9. The van der Waals surface area contributed by atoms with Crippen LogP contribution in [0.4, 0.5) is 0 Å². The summed E-state index contributed by atoms with van der Waals surface area (Å²) >= 11 is 0. The number of ketones is 1. The Hall–Kier alpha value is -3.09. The van der Waals surface area contributed by atoms with E-state index in [1.54, 1.807) is 22.8 Å². The fourth-order valence-electron chi connectivity index (χ4n) is 4.21. The molecular formula is C20H21N3O4. The molecule has 3 heterocycles. The lowest BCUT2D eigenvalue weighted by atomic mass is 9.80. The maximum absolute atomic E-state index is 13.1. The minimum Gasteiger partial charge on any atom is -0.491 e. The van der Waals surface area contributed by atoms with Crippen molar-refractivity contribution >= 4 is 11.7 Å². The molecule has 0 bridgehead atoms. The number of fused-ring (bicyclic) bond motifs is 3. The van der Waals surface area contributed by atoms with Gasteiger partial charge in [-0.15, -0.1) is 0 Å². The van der Waals surface area contributed by atoms with Crippen molar-refractivity contribution < 1.29 is 14.3 Å². The van der Waals surface area contributed by atoms with Crippen molar-refractivity contribution in [3.63, 3.8) is 0 Å². The fourth-order valence-corrected chi connectivity index (χ4v) is 4.21. The second-order valence-electron chi connectivity index (χ2n) is 7.05. The van der Waals surface area contributed by atoms with E-state index >= 15 is 0 Å². The van der Waals surface area contributed by atoms with Gasteiger partial charge in [-0.1, -0.05) is 30.3 Å². The Labute approximate surface area is 156 Å². The molecule has 1 aromatic heterocycles. The number of aromatic nitrogens is 1. The summed E-state index contributed by atoms with van der Waals surface area (Å²) in [4.78, 5) is 40.0. The topological polar surface area (TPSA) is 71.8 Å². The minimum atomic E-state index is -0.978. The third kappa shape index (κ3) is 2.24. The van der Waals surface area contributed by atoms with Crippen LogP contribution >= 0.6 is 0 Å². The second kappa shape index (κ2) is 5.97. The van der Waals surface area contributed by atoms with Crippen LogP contribution in [0.25, 0.3) is 0 Å². The number of amides is 1. The lowest BCUT2D eigenvalue weighted by molar-refractivity contribution is -0.128. The first kappa shape index (κ1) is 17.3. The summed E-state index contributed by atoms with van der Waals surface area (Å²) < 4.78 is 6.87. The van der Waals surface area contributed by atoms with Gasteiger partial charge in [0.1, 0.15) is 11.7 Å². The molecule has 0 aliphatic carbocycles. The molecule has 2 aliphatic heterocycles. The zero-order valence-electron chi connectivity index (χ0n) is 15.5. The summed E-state index contributed by atoms with van der Waals surface area (Å²) in [5.41, 5.74) is -0.367. The molecule has 7 heteroatoms. The zero-order chi connectivity index (χ0) is 19.3. The molecule has 1 amide bonds. The van der Waals surface area contributed by atoms with E-state index in [9.17, 15) is 14.4 Å². The number of Topliss-reactive ketones (excluding diaryl/α,β-unsaturated/α-hetero) is 1. The monoisotopic (exact) mass is 367 g/mol. The number of benzene rings is 1. The third-order valence-electron chi connectivity index (χ3n) is 5.69. The number of hydrogen-bond donors (Lipinski definition) is 0. The SMILES string of the molecule is COc1c2n(ccc1=O)N1C(CCC(=O)[C@@]1(C)c1ccccc1)N(C)C2=O. The molecule has 2 aromatic rings. The van der Waals surface area contributed by atoms with E-state index in [0.29, 0.717) is 12.8 Å². The number of carbonyl (C=O) groups is 2. The average Bonchev–Trinajstić information content (AvgIpc) is 2.69. The van der Waals surface area contributed by atoms with Crippen LogP contribution in [0.1, 0.15) is 35.8 Å². The van der Waals surface area contributed by atoms with Gasteiger partial charge in [0.2, 0.25) is 5.43 Å². The third-order valence-corrected chi connectivity index (χ3v) is 5.69. The van der Waals surface area contributed by atoms with Crippen molar-refractivity contribution in [3.05, 3.63) is 64.1 Å². The van der Waals surface area contributed by atoms with Crippen LogP contribution in [0.3, 0.4) is 0 Å². The van der Waals surface area contributed by atoms with Crippen molar-refractivity contribution in [1.29, 1.82) is 0 Å². The van der Waals surface area contributed by atoms with Gasteiger partial charge in [-0.25, -0.2) is 0 Å². The summed E-state index contributed by atoms with van der Waals surface area (Å²) in [6.07, 6.45) is 2.15. The van der Waals surface area contributed by atoms with Crippen molar-refractivity contribution in [3.8, 4) is 5.75 Å². The number of nitrogens with zero attached hydrogens (tertiary/aromatic N) is 3. The highest BCUT2D eigenvalue weighted by Crippen LogP contribution is 2.40. The molecule has 1 saturated heterocycles. The average molecular weight is 367 g/mol. The van der Waals surface area contributed by atoms with Crippen molar-refractivity contribution in [2.75, 3.05) is 19.2 Å². The summed E-state index contributed by atoms with van der Waals surface area (Å²) in [5, 5.41) is 1.90. The van der Waals surface area contributed by atoms with Gasteiger partial charge in [0.05, 0.1) is 7.11 Å². The van der Waals surface area contributed by atoms with E-state index in [4.69, 9.17) is 4.74 Å². The van der Waals surface area contributed by atoms with Crippen LogP contribution in [-0.4, -0.2) is 41.6 Å². The van der Waals surface area contributed by atoms with E-state index in [-0.39, 0.29) is 34.7 Å². The molecule has 4 rings (SSSR count). The summed E-state index contributed by atoms with van der Waals surface area (Å²) in [5.74, 6) is -0.242. The Morgan fingerprint density at radius 3 is 2.48 bits per heavy atom. The smallest absolute Gasteiger partial charge is 0.277 e. The van der Waals surface area contributed by atoms with Gasteiger partial charge in [0.25, 0.3) is 5.91 Å². The standard InChI is InChI=1S/C20H21N3O4/c1-20(13-7-5-4-6-8-13)15(25)9-10-16-21(2)19(26)17-18(27-3)14(24)11-12-22(17)23(16)20/h4-8,11-12,16H,9-10H2,1-3H3/t16?,20-/m1/s1. The van der Waals surface area contributed by atoms with E-state index in [1.165, 1.54) is 13.2 Å². The summed E-state index contributed by atoms with van der Waals surface area (Å²) in [6.45, 7) is 1.87. The first-order chi connectivity index (χ1) is 12.9. The minimum absolute atomic E-state index is 0.0127. The maximum Gasteiger partial charge on any atom is 0.277 e. The van der Waals surface area contributed by atoms with Crippen molar-refractivity contribution in [1.82, 2.24) is 9.58 Å². The number of carbonyl (C=O) groups excluding carboxylic acids is 2. The van der Waals surface area contributed by atoms with Crippen molar-refractivity contribution in [2.24, 2.45) is 0 Å². The van der Waals surface area contributed by atoms with Crippen LogP contribution in [0.5, 0.6) is 5.75 Å². The van der Waals surface area contributed by atoms with E-state index in [1.807, 2.05) is 42.3 Å². The Bertz CT molecular complexity index is 984. The number of hydrogen-bond acceptors (Lipinski definition) is 5. The molecule has 1 aromatic carbocycles. The van der Waals surface area contributed by atoms with Gasteiger partial charge in [0, 0.05) is 25.7 Å². The molecular weight excluding hydrogens is 346 g/mol. The molecule has 0 radical (unpaired) electrons. The predicted molar refractivity (Wildman–Crippen MR) is 99.4 cm³/mol. The fraction of sp³-hybridized carbons (Fsp3) is 0.350. The highest BCUT2D eigenvalue weighted by atomic mass is 16.5. The Morgan fingerprint density at radius 1 is 1.11 bits per heavy atom. The molecule has 1 unspecified atom stereocenters. The Morgan fingerprint density at radius 2 is 1.81 bits per heavy atom. The van der Waals surface area contributed by atoms with E-state index in [0.717, 1.165) is 5.56 Å².